The normalized spacial score (nSPS) is 12.4. The summed E-state index contributed by atoms with van der Waals surface area (Å²) in [4.78, 5) is 4.47. The fraction of sp³-hybridized carbons (Fsp3) is 0.312. The molecular formula is C16H19BrN2O. The van der Waals surface area contributed by atoms with Crippen LogP contribution >= 0.6 is 15.9 Å². The van der Waals surface area contributed by atoms with Gasteiger partial charge in [-0.25, -0.2) is 0 Å². The van der Waals surface area contributed by atoms with Crippen LogP contribution in [0.25, 0.3) is 0 Å². The molecule has 0 saturated carbocycles. The molecule has 2 aromatic rings. The number of nitrogens with one attached hydrogen (secondary N) is 1. The van der Waals surface area contributed by atoms with E-state index in [1.165, 1.54) is 0 Å². The number of aromatic nitrogens is 1. The van der Waals surface area contributed by atoms with Crippen molar-refractivity contribution in [2.45, 2.75) is 26.0 Å². The van der Waals surface area contributed by atoms with Crippen molar-refractivity contribution in [3.05, 3.63) is 58.3 Å². The van der Waals surface area contributed by atoms with Crippen LogP contribution in [0.1, 0.15) is 31.1 Å². The first-order valence-electron chi connectivity index (χ1n) is 6.66. The number of halogens is 1. The lowest BCUT2D eigenvalue weighted by atomic mass is 10.0. The summed E-state index contributed by atoms with van der Waals surface area (Å²) in [5, 5.41) is 3.31. The van der Waals surface area contributed by atoms with E-state index >= 15 is 0 Å². The predicted octanol–water partition coefficient (Wildman–Crippen LogP) is 3.94. The molecule has 0 saturated heterocycles. The van der Waals surface area contributed by atoms with Crippen molar-refractivity contribution in [2.75, 3.05) is 7.05 Å². The maximum Gasteiger partial charge on any atom is 0.120 e. The smallest absolute Gasteiger partial charge is 0.120 e. The van der Waals surface area contributed by atoms with E-state index in [0.717, 1.165) is 21.5 Å². The zero-order valence-corrected chi connectivity index (χ0v) is 13.5. The monoisotopic (exact) mass is 334 g/mol. The molecule has 1 unspecified atom stereocenters. The van der Waals surface area contributed by atoms with Crippen molar-refractivity contribution in [1.29, 1.82) is 0 Å². The number of hydrogen-bond donors (Lipinski definition) is 1. The summed E-state index contributed by atoms with van der Waals surface area (Å²) < 4.78 is 6.75. The van der Waals surface area contributed by atoms with Crippen molar-refractivity contribution >= 4 is 15.9 Å². The molecule has 0 fully saturated rings. The fourth-order valence-corrected chi connectivity index (χ4v) is 2.60. The highest BCUT2D eigenvalue weighted by atomic mass is 79.9. The second-order valence-electron chi connectivity index (χ2n) is 4.83. The lowest BCUT2D eigenvalue weighted by molar-refractivity contribution is 0.242. The van der Waals surface area contributed by atoms with Gasteiger partial charge in [0.15, 0.2) is 0 Å². The van der Waals surface area contributed by atoms with Crippen molar-refractivity contribution in [1.82, 2.24) is 10.3 Å². The Labute approximate surface area is 128 Å². The number of hydrogen-bond acceptors (Lipinski definition) is 3. The molecule has 0 aliphatic carbocycles. The van der Waals surface area contributed by atoms with Crippen LogP contribution in [0, 0.1) is 0 Å². The van der Waals surface area contributed by atoms with Crippen LogP contribution < -0.4 is 10.1 Å². The number of pyridine rings is 1. The molecule has 1 aromatic carbocycles. The van der Waals surface area contributed by atoms with E-state index in [9.17, 15) is 0 Å². The Kier molecular flexibility index (Phi) is 5.15. The Hall–Kier alpha value is -1.39. The van der Waals surface area contributed by atoms with Gasteiger partial charge in [0, 0.05) is 10.7 Å². The highest BCUT2D eigenvalue weighted by Crippen LogP contribution is 2.28. The van der Waals surface area contributed by atoms with Gasteiger partial charge in [-0.15, -0.1) is 0 Å². The zero-order chi connectivity index (χ0) is 14.5. The van der Waals surface area contributed by atoms with Gasteiger partial charge >= 0.3 is 0 Å². The minimum absolute atomic E-state index is 0.0290. The van der Waals surface area contributed by atoms with Crippen molar-refractivity contribution in [2.24, 2.45) is 0 Å². The highest BCUT2D eigenvalue weighted by molar-refractivity contribution is 9.10. The quantitative estimate of drug-likeness (QED) is 0.899. The summed E-state index contributed by atoms with van der Waals surface area (Å²) in [5.74, 6) is 0.879. The summed E-state index contributed by atoms with van der Waals surface area (Å²) in [6, 6.07) is 12.1. The largest absolute Gasteiger partial charge is 0.491 e. The topological polar surface area (TPSA) is 34.1 Å². The third-order valence-electron chi connectivity index (χ3n) is 2.91. The first-order valence-corrected chi connectivity index (χ1v) is 7.45. The minimum atomic E-state index is 0.0290. The maximum absolute atomic E-state index is 5.76. The molecule has 1 N–H and O–H groups in total. The molecule has 2 rings (SSSR count). The molecule has 0 amide bonds. The molecule has 0 spiro atoms. The van der Waals surface area contributed by atoms with Gasteiger partial charge in [-0.2, -0.15) is 0 Å². The van der Waals surface area contributed by atoms with E-state index in [-0.39, 0.29) is 12.1 Å². The molecular weight excluding hydrogens is 316 g/mol. The van der Waals surface area contributed by atoms with Crippen LogP contribution in [-0.2, 0) is 0 Å². The van der Waals surface area contributed by atoms with Gasteiger partial charge in [0.2, 0.25) is 0 Å². The Morgan fingerprint density at radius 2 is 2.00 bits per heavy atom. The SMILES string of the molecule is CNC(c1cccc(OC(C)C)c1)c1ncccc1Br. The van der Waals surface area contributed by atoms with Gasteiger partial charge in [0.1, 0.15) is 5.75 Å². The van der Waals surface area contributed by atoms with Crippen molar-refractivity contribution in [3.63, 3.8) is 0 Å². The van der Waals surface area contributed by atoms with Crippen LogP contribution in [0.3, 0.4) is 0 Å². The average Bonchev–Trinajstić information content (AvgIpc) is 2.41. The molecule has 0 aliphatic heterocycles. The maximum atomic E-state index is 5.76. The second kappa shape index (κ2) is 6.86. The summed E-state index contributed by atoms with van der Waals surface area (Å²) in [6.45, 7) is 4.05. The summed E-state index contributed by atoms with van der Waals surface area (Å²) in [6.07, 6.45) is 1.97. The molecule has 0 aliphatic rings. The van der Waals surface area contributed by atoms with E-state index in [0.29, 0.717) is 0 Å². The molecule has 0 radical (unpaired) electrons. The van der Waals surface area contributed by atoms with E-state index in [2.05, 4.69) is 38.4 Å². The Morgan fingerprint density at radius 1 is 1.20 bits per heavy atom. The molecule has 3 nitrogen and oxygen atoms in total. The molecule has 1 atom stereocenters. The number of rotatable bonds is 5. The van der Waals surface area contributed by atoms with Crippen molar-refractivity contribution in [3.8, 4) is 5.75 Å². The number of ether oxygens (including phenoxy) is 1. The standard InChI is InChI=1S/C16H19BrN2O/c1-11(2)20-13-7-4-6-12(10-13)15(18-3)16-14(17)8-5-9-19-16/h4-11,15,18H,1-3H3. The fourth-order valence-electron chi connectivity index (χ4n) is 2.11. The molecule has 0 bridgehead atoms. The van der Waals surface area contributed by atoms with Gasteiger partial charge < -0.3 is 10.1 Å². The van der Waals surface area contributed by atoms with E-state index in [4.69, 9.17) is 4.74 Å². The summed E-state index contributed by atoms with van der Waals surface area (Å²) >= 11 is 3.56. The third-order valence-corrected chi connectivity index (χ3v) is 3.58. The Morgan fingerprint density at radius 3 is 2.65 bits per heavy atom. The second-order valence-corrected chi connectivity index (χ2v) is 5.69. The van der Waals surface area contributed by atoms with Crippen LogP contribution in [-0.4, -0.2) is 18.1 Å². The van der Waals surface area contributed by atoms with Gasteiger partial charge in [0.05, 0.1) is 17.8 Å². The first-order chi connectivity index (χ1) is 9.61. The van der Waals surface area contributed by atoms with E-state index in [1.807, 2.05) is 45.2 Å². The van der Waals surface area contributed by atoms with Gasteiger partial charge in [-0.3, -0.25) is 4.98 Å². The van der Waals surface area contributed by atoms with Crippen LogP contribution in [0.5, 0.6) is 5.75 Å². The number of nitrogens with zero attached hydrogens (tertiary/aromatic N) is 1. The van der Waals surface area contributed by atoms with Crippen LogP contribution in [0.4, 0.5) is 0 Å². The Balaban J connectivity index is 2.35. The minimum Gasteiger partial charge on any atom is -0.491 e. The zero-order valence-electron chi connectivity index (χ0n) is 11.9. The third kappa shape index (κ3) is 3.58. The molecule has 1 heterocycles. The first kappa shape index (κ1) is 15.0. The van der Waals surface area contributed by atoms with Crippen LogP contribution in [0.2, 0.25) is 0 Å². The van der Waals surface area contributed by atoms with Crippen LogP contribution in [0.15, 0.2) is 47.1 Å². The summed E-state index contributed by atoms with van der Waals surface area (Å²) in [5.41, 5.74) is 2.10. The predicted molar refractivity (Wildman–Crippen MR) is 85.0 cm³/mol. The van der Waals surface area contributed by atoms with Gasteiger partial charge in [0.25, 0.3) is 0 Å². The Bertz CT molecular complexity index is 572. The van der Waals surface area contributed by atoms with Gasteiger partial charge in [-0.1, -0.05) is 12.1 Å². The van der Waals surface area contributed by atoms with Gasteiger partial charge in [-0.05, 0) is 66.7 Å². The molecule has 20 heavy (non-hydrogen) atoms. The average molecular weight is 335 g/mol. The van der Waals surface area contributed by atoms with E-state index < -0.39 is 0 Å². The molecule has 4 heteroatoms. The van der Waals surface area contributed by atoms with Crippen molar-refractivity contribution < 1.29 is 4.74 Å². The number of benzene rings is 1. The molecule has 106 valence electrons. The summed E-state index contributed by atoms with van der Waals surface area (Å²) in [7, 11) is 1.93. The molecule has 1 aromatic heterocycles. The van der Waals surface area contributed by atoms with E-state index in [1.54, 1.807) is 6.20 Å². The lowest BCUT2D eigenvalue weighted by Gasteiger charge is -2.19. The lowest BCUT2D eigenvalue weighted by Crippen LogP contribution is -2.19. The highest BCUT2D eigenvalue weighted by Gasteiger charge is 2.16.